The molecule has 0 aromatic heterocycles. The maximum absolute atomic E-state index is 13.8. The lowest BCUT2D eigenvalue weighted by molar-refractivity contribution is -0.140. The van der Waals surface area contributed by atoms with Crippen LogP contribution in [-0.4, -0.2) is 44.8 Å². The third-order valence-corrected chi connectivity index (χ3v) is 8.44. The number of halogens is 3. The number of likely N-dealkylation sites (N-methyl/N-ethyl adjacent to an activating group) is 1. The van der Waals surface area contributed by atoms with Crippen LogP contribution in [0.25, 0.3) is 0 Å². The fraction of sp³-hybridized carbons (Fsp3) is 0.231. The van der Waals surface area contributed by atoms with Gasteiger partial charge in [0.15, 0.2) is 0 Å². The number of sulfonamides is 1. The minimum atomic E-state index is -4.15. The van der Waals surface area contributed by atoms with Crippen LogP contribution in [0.3, 0.4) is 0 Å². The molecule has 2 amide bonds. The van der Waals surface area contributed by atoms with Crippen molar-refractivity contribution in [3.05, 3.63) is 93.4 Å². The Morgan fingerprint density at radius 1 is 0.919 bits per heavy atom. The standard InChI is InChI=1S/C26H26Cl3N3O4S/c1-3-24(26(34)30-2)31(16-18-12-13-22(28)23(29)14-18)25(33)17-32(20-9-7-8-19(27)15-20)37(35,36)21-10-5-4-6-11-21/h4-15,24H,3,16-17H2,1-2H3,(H,30,34)/t24-/m1/s1. The lowest BCUT2D eigenvalue weighted by atomic mass is 10.1. The zero-order valence-electron chi connectivity index (χ0n) is 20.2. The summed E-state index contributed by atoms with van der Waals surface area (Å²) in [5.74, 6) is -0.961. The van der Waals surface area contributed by atoms with Gasteiger partial charge < -0.3 is 10.2 Å². The van der Waals surface area contributed by atoms with Gasteiger partial charge in [-0.1, -0.05) is 72.1 Å². The van der Waals surface area contributed by atoms with E-state index in [0.29, 0.717) is 27.1 Å². The molecule has 0 spiro atoms. The molecule has 0 saturated heterocycles. The molecule has 0 heterocycles. The molecule has 3 aromatic carbocycles. The molecular weight excluding hydrogens is 557 g/mol. The van der Waals surface area contributed by atoms with E-state index >= 15 is 0 Å². The highest BCUT2D eigenvalue weighted by Gasteiger charge is 2.33. The predicted octanol–water partition coefficient (Wildman–Crippen LogP) is 5.40. The second kappa shape index (κ2) is 12.6. The van der Waals surface area contributed by atoms with Gasteiger partial charge in [-0.25, -0.2) is 8.42 Å². The van der Waals surface area contributed by atoms with E-state index in [1.54, 1.807) is 61.5 Å². The summed E-state index contributed by atoms with van der Waals surface area (Å²) in [7, 11) is -2.68. The van der Waals surface area contributed by atoms with Gasteiger partial charge >= 0.3 is 0 Å². The Bertz CT molecular complexity index is 1370. The van der Waals surface area contributed by atoms with Gasteiger partial charge in [-0.2, -0.15) is 0 Å². The first kappa shape index (κ1) is 28.8. The van der Waals surface area contributed by atoms with Gasteiger partial charge in [-0.05, 0) is 54.4 Å². The van der Waals surface area contributed by atoms with Crippen molar-refractivity contribution < 1.29 is 18.0 Å². The molecule has 0 radical (unpaired) electrons. The second-order valence-corrected chi connectivity index (χ2v) is 11.2. The van der Waals surface area contributed by atoms with Crippen LogP contribution in [0.1, 0.15) is 18.9 Å². The van der Waals surface area contributed by atoms with E-state index in [4.69, 9.17) is 34.8 Å². The first-order chi connectivity index (χ1) is 17.6. The van der Waals surface area contributed by atoms with Crippen molar-refractivity contribution in [3.8, 4) is 0 Å². The topological polar surface area (TPSA) is 86.8 Å². The molecule has 1 N–H and O–H groups in total. The molecule has 0 aliphatic rings. The molecule has 196 valence electrons. The summed E-state index contributed by atoms with van der Waals surface area (Å²) in [6.45, 7) is 1.22. The Kier molecular flexibility index (Phi) is 9.84. The predicted molar refractivity (Wildman–Crippen MR) is 148 cm³/mol. The number of anilines is 1. The zero-order valence-corrected chi connectivity index (χ0v) is 23.3. The van der Waals surface area contributed by atoms with Gasteiger partial charge in [0.2, 0.25) is 11.8 Å². The molecule has 0 bridgehead atoms. The van der Waals surface area contributed by atoms with Gasteiger partial charge in [0, 0.05) is 18.6 Å². The number of benzene rings is 3. The fourth-order valence-corrected chi connectivity index (χ4v) is 5.73. The highest BCUT2D eigenvalue weighted by Crippen LogP contribution is 2.28. The van der Waals surface area contributed by atoms with Crippen molar-refractivity contribution in [2.24, 2.45) is 0 Å². The molecule has 0 aliphatic carbocycles. The van der Waals surface area contributed by atoms with Crippen LogP contribution in [0, 0.1) is 0 Å². The quantitative estimate of drug-likeness (QED) is 0.347. The fourth-order valence-electron chi connectivity index (χ4n) is 3.80. The Hall–Kier alpha value is -2.78. The minimum Gasteiger partial charge on any atom is -0.357 e. The largest absolute Gasteiger partial charge is 0.357 e. The van der Waals surface area contributed by atoms with E-state index < -0.39 is 28.5 Å². The van der Waals surface area contributed by atoms with Crippen molar-refractivity contribution >= 4 is 62.3 Å². The van der Waals surface area contributed by atoms with Crippen LogP contribution in [-0.2, 0) is 26.2 Å². The van der Waals surface area contributed by atoms with Gasteiger partial charge in [-0.3, -0.25) is 13.9 Å². The van der Waals surface area contributed by atoms with E-state index in [9.17, 15) is 18.0 Å². The van der Waals surface area contributed by atoms with Crippen LogP contribution in [0.2, 0.25) is 15.1 Å². The summed E-state index contributed by atoms with van der Waals surface area (Å²) < 4.78 is 28.3. The molecule has 11 heteroatoms. The number of nitrogens with zero attached hydrogens (tertiary/aromatic N) is 2. The van der Waals surface area contributed by atoms with Crippen LogP contribution in [0.5, 0.6) is 0 Å². The molecule has 37 heavy (non-hydrogen) atoms. The maximum Gasteiger partial charge on any atom is 0.264 e. The number of hydrogen-bond donors (Lipinski definition) is 1. The first-order valence-corrected chi connectivity index (χ1v) is 13.9. The van der Waals surface area contributed by atoms with Gasteiger partial charge in [0.25, 0.3) is 10.0 Å². The summed E-state index contributed by atoms with van der Waals surface area (Å²) in [5, 5.41) is 3.53. The number of hydrogen-bond acceptors (Lipinski definition) is 4. The van der Waals surface area contributed by atoms with Crippen molar-refractivity contribution in [2.45, 2.75) is 30.8 Å². The zero-order chi connectivity index (χ0) is 27.2. The average Bonchev–Trinajstić information content (AvgIpc) is 2.89. The summed E-state index contributed by atoms with van der Waals surface area (Å²) in [6.07, 6.45) is 0.301. The molecular formula is C26H26Cl3N3O4S. The number of carbonyl (C=O) groups excluding carboxylic acids is 2. The minimum absolute atomic E-state index is 0.0103. The summed E-state index contributed by atoms with van der Waals surface area (Å²) in [5.41, 5.74) is 0.845. The van der Waals surface area contributed by atoms with E-state index in [2.05, 4.69) is 5.32 Å². The third kappa shape index (κ3) is 6.96. The Morgan fingerprint density at radius 2 is 1.62 bits per heavy atom. The monoisotopic (exact) mass is 581 g/mol. The smallest absolute Gasteiger partial charge is 0.264 e. The van der Waals surface area contributed by atoms with Crippen molar-refractivity contribution in [1.82, 2.24) is 10.2 Å². The number of amides is 2. The SMILES string of the molecule is CC[C@H](C(=O)NC)N(Cc1ccc(Cl)c(Cl)c1)C(=O)CN(c1cccc(Cl)c1)S(=O)(=O)c1ccccc1. The third-order valence-electron chi connectivity index (χ3n) is 5.68. The number of carbonyl (C=O) groups is 2. The number of rotatable bonds is 10. The molecule has 0 aliphatic heterocycles. The highest BCUT2D eigenvalue weighted by atomic mass is 35.5. The second-order valence-electron chi connectivity index (χ2n) is 8.11. The van der Waals surface area contributed by atoms with Crippen molar-refractivity contribution in [1.29, 1.82) is 0 Å². The summed E-state index contributed by atoms with van der Waals surface area (Å²) in [4.78, 5) is 27.9. The molecule has 1 atom stereocenters. The molecule has 3 rings (SSSR count). The van der Waals surface area contributed by atoms with Crippen molar-refractivity contribution in [3.63, 3.8) is 0 Å². The van der Waals surface area contributed by atoms with Crippen LogP contribution in [0.15, 0.2) is 77.7 Å². The average molecular weight is 583 g/mol. The lowest BCUT2D eigenvalue weighted by Gasteiger charge is -2.33. The Balaban J connectivity index is 2.06. The number of nitrogens with one attached hydrogen (secondary N) is 1. The van der Waals surface area contributed by atoms with E-state index in [1.807, 2.05) is 0 Å². The van der Waals surface area contributed by atoms with Gasteiger partial charge in [-0.15, -0.1) is 0 Å². The maximum atomic E-state index is 13.8. The molecule has 3 aromatic rings. The van der Waals surface area contributed by atoms with Gasteiger partial charge in [0.05, 0.1) is 20.6 Å². The lowest BCUT2D eigenvalue weighted by Crippen LogP contribution is -2.51. The normalized spacial score (nSPS) is 12.0. The van der Waals surface area contributed by atoms with E-state index in [-0.39, 0.29) is 23.0 Å². The summed E-state index contributed by atoms with van der Waals surface area (Å²) in [6, 6.07) is 18.1. The van der Waals surface area contributed by atoms with E-state index in [1.165, 1.54) is 30.1 Å². The molecule has 0 unspecified atom stereocenters. The Labute approximate surface area is 232 Å². The summed E-state index contributed by atoms with van der Waals surface area (Å²) >= 11 is 18.4. The van der Waals surface area contributed by atoms with Crippen LogP contribution < -0.4 is 9.62 Å². The van der Waals surface area contributed by atoms with Crippen LogP contribution >= 0.6 is 34.8 Å². The van der Waals surface area contributed by atoms with Crippen molar-refractivity contribution in [2.75, 3.05) is 17.9 Å². The molecule has 0 fully saturated rings. The molecule has 7 nitrogen and oxygen atoms in total. The Morgan fingerprint density at radius 3 is 2.22 bits per heavy atom. The first-order valence-electron chi connectivity index (χ1n) is 11.4. The molecule has 0 saturated carbocycles. The van der Waals surface area contributed by atoms with E-state index in [0.717, 1.165) is 4.31 Å². The van der Waals surface area contributed by atoms with Gasteiger partial charge in [0.1, 0.15) is 12.6 Å². The highest BCUT2D eigenvalue weighted by molar-refractivity contribution is 7.92. The van der Waals surface area contributed by atoms with Crippen LogP contribution in [0.4, 0.5) is 5.69 Å².